The predicted molar refractivity (Wildman–Crippen MR) is 74.5 cm³/mol. The summed E-state index contributed by atoms with van der Waals surface area (Å²) in [4.78, 5) is 0. The van der Waals surface area contributed by atoms with Crippen molar-refractivity contribution in [2.45, 2.75) is 50.7 Å². The zero-order chi connectivity index (χ0) is 13.3. The Bertz CT molecular complexity index is 397. The molecule has 2 rings (SSSR count). The molecule has 1 aliphatic carbocycles. The molecule has 3 heteroatoms. The van der Waals surface area contributed by atoms with Crippen LogP contribution < -0.4 is 5.73 Å². The molecule has 100 valence electrons. The van der Waals surface area contributed by atoms with E-state index in [9.17, 15) is 5.11 Å². The van der Waals surface area contributed by atoms with Crippen LogP contribution in [0.1, 0.15) is 38.7 Å². The number of aliphatic hydroxyl groups is 1. The first-order chi connectivity index (χ1) is 8.47. The zero-order valence-electron chi connectivity index (χ0n) is 11.2. The van der Waals surface area contributed by atoms with E-state index < -0.39 is 0 Å². The maximum absolute atomic E-state index is 10.3. The van der Waals surface area contributed by atoms with E-state index in [4.69, 9.17) is 11.6 Å². The third-order valence-corrected chi connectivity index (χ3v) is 4.72. The van der Waals surface area contributed by atoms with E-state index in [0.717, 1.165) is 17.9 Å². The molecule has 0 aliphatic heterocycles. The van der Waals surface area contributed by atoms with Gasteiger partial charge in [-0.15, -0.1) is 0 Å². The van der Waals surface area contributed by atoms with Gasteiger partial charge in [0.05, 0.1) is 0 Å². The third-order valence-electron chi connectivity index (χ3n) is 4.47. The maximum atomic E-state index is 10.3. The van der Waals surface area contributed by atoms with Crippen LogP contribution in [-0.4, -0.2) is 17.3 Å². The van der Waals surface area contributed by atoms with Crippen molar-refractivity contribution in [3.05, 3.63) is 34.9 Å². The number of halogens is 1. The van der Waals surface area contributed by atoms with Gasteiger partial charge in [0, 0.05) is 10.4 Å². The summed E-state index contributed by atoms with van der Waals surface area (Å²) in [6.45, 7) is 4.11. The standard InChI is InChI=1S/C15H22ClNO/c1-10(2)13(18)14(17)15(8-3-9-15)11-4-6-12(16)7-5-11/h4-7,10,13-14,18H,3,8-9,17H2,1-2H3/p+1/t13-,14+/m1/s1. The minimum absolute atomic E-state index is 0.0485. The van der Waals surface area contributed by atoms with Crippen molar-refractivity contribution in [1.82, 2.24) is 0 Å². The SMILES string of the molecule is CC(C)[C@@H](O)[C@H]([NH3+])C1(c2ccc(Cl)cc2)CCC1. The van der Waals surface area contributed by atoms with Gasteiger partial charge in [-0.2, -0.15) is 0 Å². The molecule has 1 aromatic rings. The Morgan fingerprint density at radius 2 is 1.78 bits per heavy atom. The Hall–Kier alpha value is -0.570. The predicted octanol–water partition coefficient (Wildman–Crippen LogP) is 2.39. The van der Waals surface area contributed by atoms with Crippen molar-refractivity contribution in [2.75, 3.05) is 0 Å². The molecule has 0 unspecified atom stereocenters. The fourth-order valence-electron chi connectivity index (χ4n) is 3.00. The second-order valence-electron chi connectivity index (χ2n) is 5.86. The number of aliphatic hydroxyl groups excluding tert-OH is 1. The van der Waals surface area contributed by atoms with Crippen LogP contribution in [0.5, 0.6) is 0 Å². The fraction of sp³-hybridized carbons (Fsp3) is 0.600. The van der Waals surface area contributed by atoms with Gasteiger partial charge < -0.3 is 10.8 Å². The highest BCUT2D eigenvalue weighted by Gasteiger charge is 2.49. The van der Waals surface area contributed by atoms with Gasteiger partial charge in [-0.25, -0.2) is 0 Å². The molecule has 4 N–H and O–H groups in total. The highest BCUT2D eigenvalue weighted by molar-refractivity contribution is 6.30. The molecule has 2 atom stereocenters. The minimum atomic E-state index is -0.346. The van der Waals surface area contributed by atoms with E-state index in [1.54, 1.807) is 0 Å². The van der Waals surface area contributed by atoms with Gasteiger partial charge in [0.1, 0.15) is 12.1 Å². The van der Waals surface area contributed by atoms with Crippen LogP contribution in [0.2, 0.25) is 5.02 Å². The van der Waals surface area contributed by atoms with E-state index in [1.165, 1.54) is 12.0 Å². The Labute approximate surface area is 114 Å². The molecule has 0 heterocycles. The first kappa shape index (κ1) is 13.9. The van der Waals surface area contributed by atoms with E-state index >= 15 is 0 Å². The van der Waals surface area contributed by atoms with Gasteiger partial charge in [-0.1, -0.05) is 44.0 Å². The molecule has 0 radical (unpaired) electrons. The lowest BCUT2D eigenvalue weighted by molar-refractivity contribution is -0.463. The van der Waals surface area contributed by atoms with Crippen molar-refractivity contribution < 1.29 is 10.8 Å². The van der Waals surface area contributed by atoms with Crippen LogP contribution in [0, 0.1) is 5.92 Å². The number of benzene rings is 1. The summed E-state index contributed by atoms with van der Waals surface area (Å²) in [5.41, 5.74) is 5.59. The molecule has 1 fully saturated rings. The van der Waals surface area contributed by atoms with Gasteiger partial charge >= 0.3 is 0 Å². The van der Waals surface area contributed by atoms with Crippen molar-refractivity contribution in [3.63, 3.8) is 0 Å². The Balaban J connectivity index is 2.28. The molecule has 0 spiro atoms. The molecule has 18 heavy (non-hydrogen) atoms. The number of quaternary nitrogens is 1. The van der Waals surface area contributed by atoms with Gasteiger partial charge in [0.25, 0.3) is 0 Å². The smallest absolute Gasteiger partial charge is 0.121 e. The number of rotatable bonds is 4. The van der Waals surface area contributed by atoms with E-state index in [0.29, 0.717) is 0 Å². The average molecular weight is 269 g/mol. The first-order valence-corrected chi connectivity index (χ1v) is 7.12. The first-order valence-electron chi connectivity index (χ1n) is 6.74. The minimum Gasteiger partial charge on any atom is -0.387 e. The molecular formula is C15H23ClNO+. The highest BCUT2D eigenvalue weighted by Crippen LogP contribution is 2.46. The van der Waals surface area contributed by atoms with Crippen LogP contribution in [-0.2, 0) is 5.41 Å². The summed E-state index contributed by atoms with van der Waals surface area (Å²) in [6, 6.07) is 8.10. The monoisotopic (exact) mass is 268 g/mol. The molecule has 1 saturated carbocycles. The van der Waals surface area contributed by atoms with Gasteiger partial charge in [0.2, 0.25) is 0 Å². The highest BCUT2D eigenvalue weighted by atomic mass is 35.5. The van der Waals surface area contributed by atoms with Crippen molar-refractivity contribution in [1.29, 1.82) is 0 Å². The summed E-state index contributed by atoms with van der Waals surface area (Å²) in [5.74, 6) is 0.247. The van der Waals surface area contributed by atoms with Crippen LogP contribution in [0.25, 0.3) is 0 Å². The quantitative estimate of drug-likeness (QED) is 0.866. The molecule has 0 saturated heterocycles. The normalized spacial score (nSPS) is 21.4. The summed E-state index contributed by atoms with van der Waals surface area (Å²) < 4.78 is 0. The van der Waals surface area contributed by atoms with Crippen molar-refractivity contribution in [3.8, 4) is 0 Å². The van der Waals surface area contributed by atoms with E-state index in [2.05, 4.69) is 31.7 Å². The van der Waals surface area contributed by atoms with Crippen LogP contribution >= 0.6 is 11.6 Å². The summed E-state index contributed by atoms with van der Waals surface area (Å²) >= 11 is 5.95. The average Bonchev–Trinajstić information content (AvgIpc) is 2.28. The molecule has 0 bridgehead atoms. The van der Waals surface area contributed by atoms with Gasteiger partial charge in [0.15, 0.2) is 0 Å². The van der Waals surface area contributed by atoms with E-state index in [1.807, 2.05) is 12.1 Å². The fourth-order valence-corrected chi connectivity index (χ4v) is 3.13. The Morgan fingerprint density at radius 3 is 2.17 bits per heavy atom. The summed E-state index contributed by atoms with van der Waals surface area (Å²) in [5, 5.41) is 11.1. The van der Waals surface area contributed by atoms with E-state index in [-0.39, 0.29) is 23.5 Å². The Morgan fingerprint density at radius 1 is 1.22 bits per heavy atom. The van der Waals surface area contributed by atoms with Crippen LogP contribution in [0.15, 0.2) is 24.3 Å². The van der Waals surface area contributed by atoms with Crippen LogP contribution in [0.4, 0.5) is 0 Å². The topological polar surface area (TPSA) is 47.9 Å². The molecule has 1 aromatic carbocycles. The van der Waals surface area contributed by atoms with Crippen molar-refractivity contribution in [2.24, 2.45) is 5.92 Å². The van der Waals surface area contributed by atoms with Crippen molar-refractivity contribution >= 4 is 11.6 Å². The van der Waals surface area contributed by atoms with Gasteiger partial charge in [-0.3, -0.25) is 0 Å². The largest absolute Gasteiger partial charge is 0.387 e. The molecule has 0 amide bonds. The number of hydrogen-bond donors (Lipinski definition) is 2. The lowest BCUT2D eigenvalue weighted by Crippen LogP contribution is -2.77. The van der Waals surface area contributed by atoms with Crippen LogP contribution in [0.3, 0.4) is 0 Å². The molecular weight excluding hydrogens is 246 g/mol. The summed E-state index contributed by atoms with van der Waals surface area (Å²) in [6.07, 6.45) is 3.11. The number of hydrogen-bond acceptors (Lipinski definition) is 1. The second-order valence-corrected chi connectivity index (χ2v) is 6.29. The second kappa shape index (κ2) is 5.20. The summed E-state index contributed by atoms with van der Waals surface area (Å²) in [7, 11) is 0. The molecule has 0 aromatic heterocycles. The Kier molecular flexibility index (Phi) is 4.00. The lowest BCUT2D eigenvalue weighted by Gasteiger charge is -2.46. The molecule has 1 aliphatic rings. The van der Waals surface area contributed by atoms with Gasteiger partial charge in [-0.05, 0) is 36.5 Å². The third kappa shape index (κ3) is 2.29. The molecule has 2 nitrogen and oxygen atoms in total. The maximum Gasteiger partial charge on any atom is 0.121 e. The zero-order valence-corrected chi connectivity index (χ0v) is 12.0. The lowest BCUT2D eigenvalue weighted by atomic mass is 9.58.